The molecule has 1 aliphatic heterocycles. The van der Waals surface area contributed by atoms with Gasteiger partial charge in [-0.2, -0.15) is 0 Å². The second-order valence-corrected chi connectivity index (χ2v) is 6.50. The Morgan fingerprint density at radius 3 is 2.45 bits per heavy atom. The Kier molecular flexibility index (Phi) is 13.4. The van der Waals surface area contributed by atoms with Gasteiger partial charge >= 0.3 is 0 Å². The predicted molar refractivity (Wildman–Crippen MR) is 108 cm³/mol. The zero-order chi connectivity index (χ0) is 15.5. The summed E-state index contributed by atoms with van der Waals surface area (Å²) in [5, 5.41) is 7.02. The molecule has 1 atom stereocenters. The van der Waals surface area contributed by atoms with Crippen LogP contribution in [0.3, 0.4) is 0 Å². The van der Waals surface area contributed by atoms with Crippen LogP contribution in [0.25, 0.3) is 0 Å². The standard InChI is InChI=1S/C17H36N4.HI/c1-5-7-8-15(6-2)13-19-17(18-3)20-14-16-9-11-21(4)12-10-16;/h15-16H,5-14H2,1-4H3,(H2,18,19,20);1H. The second-order valence-electron chi connectivity index (χ2n) is 6.50. The summed E-state index contributed by atoms with van der Waals surface area (Å²) in [6, 6.07) is 0. The van der Waals surface area contributed by atoms with Crippen molar-refractivity contribution >= 4 is 29.9 Å². The molecule has 1 heterocycles. The largest absolute Gasteiger partial charge is 0.356 e. The van der Waals surface area contributed by atoms with Gasteiger partial charge in [0.25, 0.3) is 0 Å². The molecule has 0 aromatic heterocycles. The average molecular weight is 424 g/mol. The minimum Gasteiger partial charge on any atom is -0.356 e. The van der Waals surface area contributed by atoms with Crippen molar-refractivity contribution < 1.29 is 0 Å². The van der Waals surface area contributed by atoms with Gasteiger partial charge in [0, 0.05) is 20.1 Å². The summed E-state index contributed by atoms with van der Waals surface area (Å²) in [5.74, 6) is 2.54. The van der Waals surface area contributed by atoms with Gasteiger partial charge in [0.05, 0.1) is 0 Å². The quantitative estimate of drug-likeness (QED) is 0.357. The molecule has 1 unspecified atom stereocenters. The fraction of sp³-hybridized carbons (Fsp3) is 0.941. The van der Waals surface area contributed by atoms with Crippen molar-refractivity contribution in [3.8, 4) is 0 Å². The van der Waals surface area contributed by atoms with Gasteiger partial charge in [0.2, 0.25) is 0 Å². The van der Waals surface area contributed by atoms with Crippen molar-refractivity contribution in [1.82, 2.24) is 15.5 Å². The van der Waals surface area contributed by atoms with Gasteiger partial charge in [-0.1, -0.05) is 33.1 Å². The molecule has 0 aromatic carbocycles. The molecule has 5 heteroatoms. The van der Waals surface area contributed by atoms with Crippen molar-refractivity contribution in [3.05, 3.63) is 0 Å². The number of guanidine groups is 1. The van der Waals surface area contributed by atoms with E-state index >= 15 is 0 Å². The molecule has 4 nitrogen and oxygen atoms in total. The van der Waals surface area contributed by atoms with E-state index in [9.17, 15) is 0 Å². The van der Waals surface area contributed by atoms with Crippen LogP contribution in [0.2, 0.25) is 0 Å². The molecule has 2 N–H and O–H groups in total. The first-order chi connectivity index (χ1) is 10.2. The molecule has 132 valence electrons. The van der Waals surface area contributed by atoms with E-state index < -0.39 is 0 Å². The molecular weight excluding hydrogens is 387 g/mol. The Balaban J connectivity index is 0.00000441. The zero-order valence-corrected chi connectivity index (χ0v) is 17.4. The fourth-order valence-corrected chi connectivity index (χ4v) is 2.91. The third-order valence-electron chi connectivity index (χ3n) is 4.72. The Morgan fingerprint density at radius 1 is 1.23 bits per heavy atom. The summed E-state index contributed by atoms with van der Waals surface area (Å²) in [6.45, 7) is 9.11. The highest BCUT2D eigenvalue weighted by Crippen LogP contribution is 2.14. The van der Waals surface area contributed by atoms with E-state index in [-0.39, 0.29) is 24.0 Å². The molecule has 0 aromatic rings. The van der Waals surface area contributed by atoms with Crippen LogP contribution in [-0.2, 0) is 0 Å². The van der Waals surface area contributed by atoms with Crippen LogP contribution in [0.15, 0.2) is 4.99 Å². The first-order valence-corrected chi connectivity index (χ1v) is 8.82. The number of hydrogen-bond acceptors (Lipinski definition) is 2. The van der Waals surface area contributed by atoms with E-state index in [1.807, 2.05) is 7.05 Å². The Labute approximate surface area is 154 Å². The van der Waals surface area contributed by atoms with Gasteiger partial charge in [-0.15, -0.1) is 24.0 Å². The van der Waals surface area contributed by atoms with Gasteiger partial charge in [-0.25, -0.2) is 0 Å². The molecule has 0 aliphatic carbocycles. The lowest BCUT2D eigenvalue weighted by atomic mass is 9.97. The molecule has 1 saturated heterocycles. The van der Waals surface area contributed by atoms with Crippen LogP contribution in [0, 0.1) is 11.8 Å². The minimum absolute atomic E-state index is 0. The Bertz CT molecular complexity index is 278. The number of likely N-dealkylation sites (tertiary alicyclic amines) is 1. The number of unbranched alkanes of at least 4 members (excludes halogenated alkanes) is 1. The van der Waals surface area contributed by atoms with Gasteiger partial charge in [0.15, 0.2) is 5.96 Å². The zero-order valence-electron chi connectivity index (χ0n) is 15.0. The molecule has 0 saturated carbocycles. The summed E-state index contributed by atoms with van der Waals surface area (Å²) < 4.78 is 0. The number of hydrogen-bond donors (Lipinski definition) is 2. The van der Waals surface area contributed by atoms with Gasteiger partial charge < -0.3 is 15.5 Å². The van der Waals surface area contributed by atoms with Crippen LogP contribution < -0.4 is 10.6 Å². The summed E-state index contributed by atoms with van der Waals surface area (Å²) in [5.41, 5.74) is 0. The van der Waals surface area contributed by atoms with E-state index in [1.165, 1.54) is 51.6 Å². The lowest BCUT2D eigenvalue weighted by molar-refractivity contribution is 0.220. The molecule has 0 spiro atoms. The molecule has 0 amide bonds. The Morgan fingerprint density at radius 2 is 1.91 bits per heavy atom. The second kappa shape index (κ2) is 13.4. The number of nitrogens with zero attached hydrogens (tertiary/aromatic N) is 2. The summed E-state index contributed by atoms with van der Waals surface area (Å²) in [4.78, 5) is 6.78. The molecule has 0 radical (unpaired) electrons. The maximum Gasteiger partial charge on any atom is 0.190 e. The normalized spacial score (nSPS) is 18.6. The fourth-order valence-electron chi connectivity index (χ4n) is 2.91. The lowest BCUT2D eigenvalue weighted by Crippen LogP contribution is -2.43. The SMILES string of the molecule is CCCCC(CC)CNC(=NC)NCC1CCN(C)CC1.I. The van der Waals surface area contributed by atoms with Crippen molar-refractivity contribution in [2.45, 2.75) is 52.4 Å². The maximum absolute atomic E-state index is 4.36. The van der Waals surface area contributed by atoms with E-state index in [2.05, 4.69) is 41.4 Å². The smallest absolute Gasteiger partial charge is 0.190 e. The van der Waals surface area contributed by atoms with Crippen LogP contribution in [0.5, 0.6) is 0 Å². The van der Waals surface area contributed by atoms with E-state index in [4.69, 9.17) is 0 Å². The van der Waals surface area contributed by atoms with Crippen LogP contribution >= 0.6 is 24.0 Å². The number of halogens is 1. The topological polar surface area (TPSA) is 39.7 Å². The highest BCUT2D eigenvalue weighted by Gasteiger charge is 2.16. The number of piperidine rings is 1. The van der Waals surface area contributed by atoms with Crippen LogP contribution in [0.4, 0.5) is 0 Å². The highest BCUT2D eigenvalue weighted by atomic mass is 127. The maximum atomic E-state index is 4.36. The van der Waals surface area contributed by atoms with Crippen molar-refractivity contribution in [3.63, 3.8) is 0 Å². The minimum atomic E-state index is 0. The lowest BCUT2D eigenvalue weighted by Gasteiger charge is -2.29. The van der Waals surface area contributed by atoms with E-state index in [0.717, 1.165) is 30.9 Å². The summed E-state index contributed by atoms with van der Waals surface area (Å²) in [7, 11) is 4.09. The number of rotatable bonds is 8. The monoisotopic (exact) mass is 424 g/mol. The third-order valence-corrected chi connectivity index (χ3v) is 4.72. The van der Waals surface area contributed by atoms with Crippen LogP contribution in [0.1, 0.15) is 52.4 Å². The molecule has 22 heavy (non-hydrogen) atoms. The molecule has 1 rings (SSSR count). The summed E-state index contributed by atoms with van der Waals surface area (Å²) >= 11 is 0. The van der Waals surface area contributed by atoms with E-state index in [0.29, 0.717) is 0 Å². The highest BCUT2D eigenvalue weighted by molar-refractivity contribution is 14.0. The van der Waals surface area contributed by atoms with Gasteiger partial charge in [-0.3, -0.25) is 4.99 Å². The number of nitrogens with one attached hydrogen (secondary N) is 2. The summed E-state index contributed by atoms with van der Waals surface area (Å²) in [6.07, 6.45) is 7.80. The molecule has 1 aliphatic rings. The first-order valence-electron chi connectivity index (χ1n) is 8.82. The van der Waals surface area contributed by atoms with E-state index in [1.54, 1.807) is 0 Å². The van der Waals surface area contributed by atoms with Crippen molar-refractivity contribution in [2.24, 2.45) is 16.8 Å². The van der Waals surface area contributed by atoms with Crippen LogP contribution in [-0.4, -0.2) is 51.1 Å². The van der Waals surface area contributed by atoms with Gasteiger partial charge in [0.1, 0.15) is 0 Å². The van der Waals surface area contributed by atoms with Crippen molar-refractivity contribution in [2.75, 3.05) is 40.3 Å². The molecular formula is C17H37IN4. The molecule has 1 fully saturated rings. The third kappa shape index (κ3) is 9.18. The Hall–Kier alpha value is -0.0400. The average Bonchev–Trinajstić information content (AvgIpc) is 2.52. The molecule has 0 bridgehead atoms. The first kappa shape index (κ1) is 22.0. The van der Waals surface area contributed by atoms with Crippen molar-refractivity contribution in [1.29, 1.82) is 0 Å². The predicted octanol–water partition coefficient (Wildman–Crippen LogP) is 3.33. The number of aliphatic imine (C=N–C) groups is 1. The van der Waals surface area contributed by atoms with Gasteiger partial charge in [-0.05, 0) is 51.2 Å².